The minimum Gasteiger partial charge on any atom is -0.293 e. The van der Waals surface area contributed by atoms with E-state index in [4.69, 9.17) is 0 Å². The van der Waals surface area contributed by atoms with E-state index in [0.29, 0.717) is 13.1 Å². The Kier molecular flexibility index (Phi) is 2.79. The van der Waals surface area contributed by atoms with Crippen molar-refractivity contribution in [2.24, 2.45) is 5.92 Å². The molecule has 0 aliphatic carbocycles. The smallest absolute Gasteiger partial charge is 0.138 e. The Labute approximate surface area is 90.9 Å². The zero-order chi connectivity index (χ0) is 10.9. The quantitative estimate of drug-likeness (QED) is 0.736. The van der Waals surface area contributed by atoms with Crippen LogP contribution in [-0.4, -0.2) is 23.7 Å². The molecule has 1 saturated heterocycles. The van der Waals surface area contributed by atoms with Gasteiger partial charge in [0.15, 0.2) is 0 Å². The third-order valence-corrected chi connectivity index (χ3v) is 3.26. The van der Waals surface area contributed by atoms with Gasteiger partial charge in [-0.2, -0.15) is 0 Å². The molecule has 1 heterocycles. The van der Waals surface area contributed by atoms with Gasteiger partial charge in [0.25, 0.3) is 0 Å². The number of hydrogen-bond acceptors (Lipinski definition) is 1. The van der Waals surface area contributed by atoms with E-state index in [-0.39, 0.29) is 5.92 Å². The SMILES string of the molecule is CC(C)C1(F)CN(Cc2ccccc2)C1. The summed E-state index contributed by atoms with van der Waals surface area (Å²) in [6, 6.07) is 10.2. The number of benzene rings is 1. The fraction of sp³-hybridized carbons (Fsp3) is 0.538. The van der Waals surface area contributed by atoms with Crippen molar-refractivity contribution in [1.82, 2.24) is 4.90 Å². The van der Waals surface area contributed by atoms with E-state index >= 15 is 0 Å². The number of hydrogen-bond donors (Lipinski definition) is 0. The lowest BCUT2D eigenvalue weighted by Crippen LogP contribution is -2.61. The van der Waals surface area contributed by atoms with Gasteiger partial charge in [0, 0.05) is 19.6 Å². The number of alkyl halides is 1. The van der Waals surface area contributed by atoms with Crippen molar-refractivity contribution in [3.05, 3.63) is 35.9 Å². The fourth-order valence-electron chi connectivity index (χ4n) is 2.02. The highest BCUT2D eigenvalue weighted by molar-refractivity contribution is 5.15. The van der Waals surface area contributed by atoms with Crippen LogP contribution in [0.25, 0.3) is 0 Å². The van der Waals surface area contributed by atoms with Crippen LogP contribution in [0.1, 0.15) is 19.4 Å². The van der Waals surface area contributed by atoms with Crippen molar-refractivity contribution in [2.75, 3.05) is 13.1 Å². The first-order chi connectivity index (χ1) is 7.10. The van der Waals surface area contributed by atoms with Crippen LogP contribution in [0.4, 0.5) is 4.39 Å². The normalized spacial score (nSPS) is 20.3. The molecule has 0 spiro atoms. The molecule has 2 heteroatoms. The number of halogens is 1. The third-order valence-electron chi connectivity index (χ3n) is 3.26. The van der Waals surface area contributed by atoms with Crippen LogP contribution in [0.2, 0.25) is 0 Å². The lowest BCUT2D eigenvalue weighted by atomic mass is 9.84. The number of likely N-dealkylation sites (tertiary alicyclic amines) is 1. The van der Waals surface area contributed by atoms with E-state index in [1.54, 1.807) is 0 Å². The van der Waals surface area contributed by atoms with E-state index in [1.165, 1.54) is 5.56 Å². The molecular formula is C13H18FN. The van der Waals surface area contributed by atoms with Gasteiger partial charge in [-0.1, -0.05) is 44.2 Å². The second-order valence-electron chi connectivity index (χ2n) is 4.82. The van der Waals surface area contributed by atoms with Crippen molar-refractivity contribution < 1.29 is 4.39 Å². The first-order valence-electron chi connectivity index (χ1n) is 5.55. The van der Waals surface area contributed by atoms with Crippen molar-refractivity contribution in [3.63, 3.8) is 0 Å². The van der Waals surface area contributed by atoms with Gasteiger partial charge >= 0.3 is 0 Å². The van der Waals surface area contributed by atoms with Gasteiger partial charge < -0.3 is 0 Å². The highest BCUT2D eigenvalue weighted by atomic mass is 19.1. The summed E-state index contributed by atoms with van der Waals surface area (Å²) in [5.74, 6) is 0.129. The molecule has 0 saturated carbocycles. The second kappa shape index (κ2) is 3.93. The van der Waals surface area contributed by atoms with Crippen molar-refractivity contribution in [3.8, 4) is 0 Å². The molecule has 0 N–H and O–H groups in total. The Morgan fingerprint density at radius 3 is 2.40 bits per heavy atom. The average molecular weight is 207 g/mol. The number of rotatable bonds is 3. The predicted molar refractivity (Wildman–Crippen MR) is 60.4 cm³/mol. The van der Waals surface area contributed by atoms with Crippen LogP contribution in [-0.2, 0) is 6.54 Å². The fourth-order valence-corrected chi connectivity index (χ4v) is 2.02. The molecule has 1 nitrogen and oxygen atoms in total. The summed E-state index contributed by atoms with van der Waals surface area (Å²) in [5.41, 5.74) is 0.317. The van der Waals surface area contributed by atoms with Crippen LogP contribution in [0, 0.1) is 5.92 Å². The van der Waals surface area contributed by atoms with Gasteiger partial charge in [0.2, 0.25) is 0 Å². The third kappa shape index (κ3) is 2.20. The molecule has 82 valence electrons. The molecule has 0 radical (unpaired) electrons. The molecule has 2 rings (SSSR count). The van der Waals surface area contributed by atoms with Crippen molar-refractivity contribution in [1.29, 1.82) is 0 Å². The van der Waals surface area contributed by atoms with E-state index in [1.807, 2.05) is 32.0 Å². The van der Waals surface area contributed by atoms with Gasteiger partial charge in [0.05, 0.1) is 0 Å². The largest absolute Gasteiger partial charge is 0.293 e. The van der Waals surface area contributed by atoms with E-state index in [0.717, 1.165) is 6.54 Å². The molecule has 0 unspecified atom stereocenters. The van der Waals surface area contributed by atoms with E-state index < -0.39 is 5.67 Å². The summed E-state index contributed by atoms with van der Waals surface area (Å²) in [6.45, 7) is 5.96. The second-order valence-corrected chi connectivity index (χ2v) is 4.82. The topological polar surface area (TPSA) is 3.24 Å². The standard InChI is InChI=1S/C13H18FN/c1-11(2)13(14)9-15(10-13)8-12-6-4-3-5-7-12/h3-7,11H,8-10H2,1-2H3. The van der Waals surface area contributed by atoms with E-state index in [9.17, 15) is 4.39 Å². The van der Waals surface area contributed by atoms with Crippen LogP contribution >= 0.6 is 0 Å². The summed E-state index contributed by atoms with van der Waals surface area (Å²) in [6.07, 6.45) is 0. The predicted octanol–water partition coefficient (Wildman–Crippen LogP) is 2.87. The van der Waals surface area contributed by atoms with Gasteiger partial charge in [0.1, 0.15) is 5.67 Å². The Balaban J connectivity index is 1.86. The zero-order valence-corrected chi connectivity index (χ0v) is 9.41. The summed E-state index contributed by atoms with van der Waals surface area (Å²) in [5, 5.41) is 0. The summed E-state index contributed by atoms with van der Waals surface area (Å²) >= 11 is 0. The van der Waals surface area contributed by atoms with Crippen LogP contribution in [0.3, 0.4) is 0 Å². The minimum absolute atomic E-state index is 0.129. The maximum absolute atomic E-state index is 13.9. The summed E-state index contributed by atoms with van der Waals surface area (Å²) in [4.78, 5) is 2.16. The van der Waals surface area contributed by atoms with E-state index in [2.05, 4.69) is 17.0 Å². The molecule has 15 heavy (non-hydrogen) atoms. The molecule has 0 bridgehead atoms. The van der Waals surface area contributed by atoms with Crippen molar-refractivity contribution >= 4 is 0 Å². The molecule has 1 aromatic carbocycles. The summed E-state index contributed by atoms with van der Waals surface area (Å²) in [7, 11) is 0. The average Bonchev–Trinajstić information content (AvgIpc) is 2.16. The minimum atomic E-state index is -0.950. The molecular weight excluding hydrogens is 189 g/mol. The lowest BCUT2D eigenvalue weighted by molar-refractivity contribution is -0.0688. The molecule has 1 fully saturated rings. The highest BCUT2D eigenvalue weighted by Gasteiger charge is 2.45. The molecule has 1 aromatic rings. The Morgan fingerprint density at radius 1 is 1.27 bits per heavy atom. The van der Waals surface area contributed by atoms with Gasteiger partial charge in [-0.05, 0) is 11.5 Å². The summed E-state index contributed by atoms with van der Waals surface area (Å²) < 4.78 is 13.9. The molecule has 0 atom stereocenters. The van der Waals surface area contributed by atoms with Crippen LogP contribution < -0.4 is 0 Å². The van der Waals surface area contributed by atoms with Gasteiger partial charge in [-0.15, -0.1) is 0 Å². The maximum atomic E-state index is 13.9. The maximum Gasteiger partial charge on any atom is 0.138 e. The Bertz CT molecular complexity index is 315. The molecule has 0 aromatic heterocycles. The monoisotopic (exact) mass is 207 g/mol. The van der Waals surface area contributed by atoms with Gasteiger partial charge in [-0.25, -0.2) is 4.39 Å². The first-order valence-corrected chi connectivity index (χ1v) is 5.55. The lowest BCUT2D eigenvalue weighted by Gasteiger charge is -2.47. The molecule has 0 amide bonds. The van der Waals surface area contributed by atoms with Crippen LogP contribution in [0.15, 0.2) is 30.3 Å². The Morgan fingerprint density at radius 2 is 1.87 bits per heavy atom. The van der Waals surface area contributed by atoms with Gasteiger partial charge in [-0.3, -0.25) is 4.90 Å². The highest BCUT2D eigenvalue weighted by Crippen LogP contribution is 2.33. The Hall–Kier alpha value is -0.890. The van der Waals surface area contributed by atoms with Crippen LogP contribution in [0.5, 0.6) is 0 Å². The molecule has 1 aliphatic rings. The first kappa shape index (κ1) is 10.6. The zero-order valence-electron chi connectivity index (χ0n) is 9.41. The number of nitrogens with zero attached hydrogens (tertiary/aromatic N) is 1. The van der Waals surface area contributed by atoms with Crippen molar-refractivity contribution in [2.45, 2.75) is 26.1 Å². The molecule has 1 aliphatic heterocycles.